The second-order valence-electron chi connectivity index (χ2n) is 17.5. The number of hydrogen-bond donors (Lipinski definition) is 0. The monoisotopic (exact) mass is 900 g/mol. The first kappa shape index (κ1) is 39.6. The van der Waals surface area contributed by atoms with Crippen molar-refractivity contribution in [1.82, 2.24) is 0 Å². The van der Waals surface area contributed by atoms with Crippen LogP contribution in [0.3, 0.4) is 0 Å². The van der Waals surface area contributed by atoms with Gasteiger partial charge in [0.25, 0.3) is 0 Å². The van der Waals surface area contributed by atoms with Gasteiger partial charge in [0.1, 0.15) is 22.5 Å². The van der Waals surface area contributed by atoms with Crippen molar-refractivity contribution in [3.8, 4) is 45.3 Å². The smallest absolute Gasteiger partial charge is 0.196 e. The van der Waals surface area contributed by atoms with E-state index in [4.69, 9.17) is 18.3 Å². The maximum absolute atomic E-state index is 7.42. The summed E-state index contributed by atoms with van der Waals surface area (Å²) in [7, 11) is 0. The molecule has 0 fully saturated rings. The van der Waals surface area contributed by atoms with Crippen molar-refractivity contribution in [3.05, 3.63) is 243 Å². The lowest BCUT2D eigenvalue weighted by molar-refractivity contribution is 0.362. The van der Waals surface area contributed by atoms with Gasteiger partial charge in [-0.2, -0.15) is 0 Å². The third-order valence-electron chi connectivity index (χ3n) is 13.5. The van der Waals surface area contributed by atoms with Crippen molar-refractivity contribution in [3.63, 3.8) is 0 Å². The van der Waals surface area contributed by atoms with E-state index in [2.05, 4.69) is 204 Å². The molecule has 11 aromatic carbocycles. The Morgan fingerprint density at radius 3 is 1.06 bits per heavy atom. The van der Waals surface area contributed by atoms with Gasteiger partial charge in [0.15, 0.2) is 34.2 Å². The van der Waals surface area contributed by atoms with Crippen LogP contribution in [-0.4, -0.2) is 0 Å². The number of fused-ring (bicyclic) bond motifs is 9. The van der Waals surface area contributed by atoms with Crippen molar-refractivity contribution in [2.24, 2.45) is 0 Å². The standard InChI is InChI=1S/C64H40N2O4/c1-3-21-41(22-4-1)43-25-9-13-33-51(43)65(53-35-19-31-49-45-27-11-15-37-55(45)67-61(49)53)59-47-29-7-8-30-48(47)60(64-63(59)69-57-39-17-18-40-58(57)70-64)66(52-34-14-10-26-44(52)42-23-5-2-6-24-42)54-36-20-32-50-46-28-12-16-38-56(46)68-62(50)54/h1-40H. The average Bonchev–Trinajstić information content (AvgIpc) is 4.01. The molecule has 0 aliphatic carbocycles. The Hall–Kier alpha value is -9.52. The highest BCUT2D eigenvalue weighted by molar-refractivity contribution is 6.19. The second-order valence-corrected chi connectivity index (χ2v) is 17.5. The summed E-state index contributed by atoms with van der Waals surface area (Å²) < 4.78 is 28.7. The van der Waals surface area contributed by atoms with E-state index in [9.17, 15) is 0 Å². The molecule has 3 heterocycles. The molecule has 6 heteroatoms. The van der Waals surface area contributed by atoms with Gasteiger partial charge in [0.2, 0.25) is 0 Å². The molecule has 14 rings (SSSR count). The molecule has 0 unspecified atom stereocenters. The Bertz CT molecular complexity index is 3890. The summed E-state index contributed by atoms with van der Waals surface area (Å²) in [5, 5.41) is 5.95. The molecule has 330 valence electrons. The van der Waals surface area contributed by atoms with Crippen molar-refractivity contribution < 1.29 is 18.3 Å². The topological polar surface area (TPSA) is 51.2 Å². The predicted octanol–water partition coefficient (Wildman–Crippen LogP) is 18.8. The molecule has 1 aliphatic heterocycles. The van der Waals surface area contributed by atoms with Crippen LogP contribution in [0.25, 0.3) is 76.9 Å². The number of rotatable bonds is 8. The SMILES string of the molecule is c1ccc(-c2ccccc2N(c2c3c(c(N(c4ccccc4-c4ccccc4)c4cccc5c4oc4ccccc45)c4ccccc24)Oc2ccccc2O3)c2cccc3c2oc2ccccc23)cc1. The van der Waals surface area contributed by atoms with Crippen LogP contribution in [0.2, 0.25) is 0 Å². The van der Waals surface area contributed by atoms with Crippen LogP contribution in [0, 0.1) is 0 Å². The van der Waals surface area contributed by atoms with Crippen LogP contribution in [0.15, 0.2) is 251 Å². The third kappa shape index (κ3) is 6.20. The lowest BCUT2D eigenvalue weighted by Gasteiger charge is -2.36. The summed E-state index contributed by atoms with van der Waals surface area (Å²) in [6.07, 6.45) is 0. The minimum absolute atomic E-state index is 0.544. The fourth-order valence-electron chi connectivity index (χ4n) is 10.4. The molecule has 0 saturated carbocycles. The van der Waals surface area contributed by atoms with Crippen LogP contribution in [-0.2, 0) is 0 Å². The fourth-order valence-corrected chi connectivity index (χ4v) is 10.4. The van der Waals surface area contributed by atoms with Gasteiger partial charge in [-0.05, 0) is 59.7 Å². The predicted molar refractivity (Wildman–Crippen MR) is 285 cm³/mol. The van der Waals surface area contributed by atoms with Gasteiger partial charge in [-0.25, -0.2) is 0 Å². The minimum Gasteiger partial charge on any atom is -0.454 e. The first-order valence-corrected chi connectivity index (χ1v) is 23.5. The first-order valence-electron chi connectivity index (χ1n) is 23.5. The molecule has 1 aliphatic rings. The van der Waals surface area contributed by atoms with Crippen LogP contribution >= 0.6 is 0 Å². The van der Waals surface area contributed by atoms with E-state index in [0.717, 1.165) is 111 Å². The van der Waals surface area contributed by atoms with Gasteiger partial charge in [-0.3, -0.25) is 0 Å². The lowest BCUT2D eigenvalue weighted by Crippen LogP contribution is -2.18. The maximum Gasteiger partial charge on any atom is 0.196 e. The van der Waals surface area contributed by atoms with Crippen molar-refractivity contribution >= 4 is 88.8 Å². The molecule has 0 N–H and O–H groups in total. The molecule has 0 spiro atoms. The minimum atomic E-state index is 0.544. The molecule has 70 heavy (non-hydrogen) atoms. The Morgan fingerprint density at radius 2 is 0.600 bits per heavy atom. The van der Waals surface area contributed by atoms with Crippen LogP contribution < -0.4 is 19.3 Å². The Balaban J connectivity index is 1.15. The lowest BCUT2D eigenvalue weighted by atomic mass is 9.96. The number of hydrogen-bond acceptors (Lipinski definition) is 6. The summed E-state index contributed by atoms with van der Waals surface area (Å²) in [6.45, 7) is 0. The first-order chi connectivity index (χ1) is 34.8. The van der Waals surface area contributed by atoms with Gasteiger partial charge in [-0.1, -0.05) is 194 Å². The maximum atomic E-state index is 7.42. The van der Waals surface area contributed by atoms with E-state index in [-0.39, 0.29) is 0 Å². The van der Waals surface area contributed by atoms with Crippen LogP contribution in [0.5, 0.6) is 23.0 Å². The number of benzene rings is 11. The number of ether oxygens (including phenoxy) is 2. The fraction of sp³-hybridized carbons (Fsp3) is 0. The molecule has 6 nitrogen and oxygen atoms in total. The molecule has 2 aromatic heterocycles. The molecular weight excluding hydrogens is 861 g/mol. The van der Waals surface area contributed by atoms with Crippen molar-refractivity contribution in [2.75, 3.05) is 9.80 Å². The van der Waals surface area contributed by atoms with Crippen LogP contribution in [0.4, 0.5) is 34.1 Å². The van der Waals surface area contributed by atoms with Gasteiger partial charge in [0, 0.05) is 43.4 Å². The Labute approximate surface area is 403 Å². The molecule has 0 radical (unpaired) electrons. The molecule has 0 atom stereocenters. The van der Waals surface area contributed by atoms with E-state index < -0.39 is 0 Å². The largest absolute Gasteiger partial charge is 0.454 e. The Kier molecular flexibility index (Phi) is 9.10. The van der Waals surface area contributed by atoms with Gasteiger partial charge >= 0.3 is 0 Å². The molecule has 0 amide bonds. The van der Waals surface area contributed by atoms with Crippen LogP contribution in [0.1, 0.15) is 0 Å². The zero-order chi connectivity index (χ0) is 46.1. The summed E-state index contributed by atoms with van der Waals surface area (Å²) >= 11 is 0. The van der Waals surface area contributed by atoms with Crippen molar-refractivity contribution in [1.29, 1.82) is 0 Å². The van der Waals surface area contributed by atoms with E-state index in [1.165, 1.54) is 0 Å². The number of anilines is 6. The normalized spacial score (nSPS) is 11.9. The third-order valence-corrected chi connectivity index (χ3v) is 13.5. The zero-order valence-electron chi connectivity index (χ0n) is 37.6. The van der Waals surface area contributed by atoms with Crippen molar-refractivity contribution in [2.45, 2.75) is 0 Å². The summed E-state index contributed by atoms with van der Waals surface area (Å²) in [5.74, 6) is 2.29. The number of para-hydroxylation sites is 8. The summed E-state index contributed by atoms with van der Waals surface area (Å²) in [6, 6.07) is 84.0. The van der Waals surface area contributed by atoms with Gasteiger partial charge in [-0.15, -0.1) is 0 Å². The summed E-state index contributed by atoms with van der Waals surface area (Å²) in [5.41, 5.74) is 12.5. The molecule has 13 aromatic rings. The Morgan fingerprint density at radius 1 is 0.257 bits per heavy atom. The van der Waals surface area contributed by atoms with E-state index in [1.54, 1.807) is 0 Å². The highest BCUT2D eigenvalue weighted by Crippen LogP contribution is 2.63. The molecule has 0 bridgehead atoms. The second kappa shape index (κ2) is 16.1. The highest BCUT2D eigenvalue weighted by atomic mass is 16.6. The van der Waals surface area contributed by atoms with Gasteiger partial charge in [0.05, 0.1) is 22.7 Å². The van der Waals surface area contributed by atoms with E-state index in [0.29, 0.717) is 23.0 Å². The van der Waals surface area contributed by atoms with E-state index in [1.807, 2.05) is 48.5 Å². The molecule has 0 saturated heterocycles. The summed E-state index contributed by atoms with van der Waals surface area (Å²) in [4.78, 5) is 4.63. The zero-order valence-corrected chi connectivity index (χ0v) is 37.6. The number of furan rings is 2. The average molecular weight is 901 g/mol. The van der Waals surface area contributed by atoms with Gasteiger partial charge < -0.3 is 28.1 Å². The molecular formula is C64H40N2O4. The van der Waals surface area contributed by atoms with E-state index >= 15 is 0 Å². The quantitative estimate of drug-likeness (QED) is 0.142. The highest BCUT2D eigenvalue weighted by Gasteiger charge is 2.37. The number of nitrogens with zero attached hydrogens (tertiary/aromatic N) is 2.